The number of guanidine groups is 1. The number of hydrogen-bond acceptors (Lipinski definition) is 3. The maximum atomic E-state index is 9.64. The Balaban J connectivity index is 1.49. The number of likely N-dealkylation sites (tertiary alicyclic amines) is 1. The van der Waals surface area contributed by atoms with E-state index in [0.29, 0.717) is 22.5 Å². The molecule has 0 aromatic heterocycles. The number of piperidine rings is 1. The van der Waals surface area contributed by atoms with Gasteiger partial charge in [0.15, 0.2) is 5.96 Å². The molecule has 3 N–H and O–H groups in total. The molecule has 0 bridgehead atoms. The van der Waals surface area contributed by atoms with Crippen molar-refractivity contribution in [2.75, 3.05) is 20.1 Å². The molecule has 0 radical (unpaired) electrons. The molecule has 0 amide bonds. The van der Waals surface area contributed by atoms with Gasteiger partial charge in [0.2, 0.25) is 0 Å². The van der Waals surface area contributed by atoms with Crippen molar-refractivity contribution in [2.45, 2.75) is 45.0 Å². The Bertz CT molecular complexity index is 849. The molecule has 1 fully saturated rings. The zero-order chi connectivity index (χ0) is 21.5. The van der Waals surface area contributed by atoms with Gasteiger partial charge in [-0.2, -0.15) is 0 Å². The molecule has 1 aliphatic rings. The van der Waals surface area contributed by atoms with Crippen molar-refractivity contribution < 1.29 is 5.11 Å². The lowest BCUT2D eigenvalue weighted by molar-refractivity contribution is 0.0792. The number of benzene rings is 2. The van der Waals surface area contributed by atoms with Crippen LogP contribution >= 0.6 is 23.2 Å². The summed E-state index contributed by atoms with van der Waals surface area (Å²) >= 11 is 12.3. The Morgan fingerprint density at radius 1 is 1.13 bits per heavy atom. The highest BCUT2D eigenvalue weighted by Gasteiger charge is 2.17. The van der Waals surface area contributed by atoms with Gasteiger partial charge in [-0.1, -0.05) is 53.5 Å². The van der Waals surface area contributed by atoms with Gasteiger partial charge in [0.25, 0.3) is 0 Å². The summed E-state index contributed by atoms with van der Waals surface area (Å²) in [5, 5.41) is 17.6. The predicted molar refractivity (Wildman–Crippen MR) is 125 cm³/mol. The summed E-state index contributed by atoms with van der Waals surface area (Å²) in [6.07, 6.45) is 1.61. The predicted octanol–water partition coefficient (Wildman–Crippen LogP) is 4.38. The number of nitrogens with one attached hydrogen (secondary N) is 2. The van der Waals surface area contributed by atoms with Crippen LogP contribution in [-0.4, -0.2) is 42.2 Å². The van der Waals surface area contributed by atoms with Crippen LogP contribution in [0, 0.1) is 0 Å². The molecular weight excluding hydrogens is 419 g/mol. The first-order valence-corrected chi connectivity index (χ1v) is 11.1. The van der Waals surface area contributed by atoms with Gasteiger partial charge < -0.3 is 15.7 Å². The summed E-state index contributed by atoms with van der Waals surface area (Å²) in [6, 6.07) is 14.2. The standard InChI is InChI=1S/C23H30Cl2N4O/c1-16(21-8-7-19(24)13-22(21)25)28-23(26-2)27-14-17-3-5-18(6-4-17)15-29-11-9-20(30)10-12-29/h3-8,13,16,20,30H,9-12,14-15H2,1-2H3,(H2,26,27,28). The van der Waals surface area contributed by atoms with E-state index in [-0.39, 0.29) is 12.1 Å². The highest BCUT2D eigenvalue weighted by molar-refractivity contribution is 6.35. The highest BCUT2D eigenvalue weighted by atomic mass is 35.5. The van der Waals surface area contributed by atoms with E-state index >= 15 is 0 Å². The Morgan fingerprint density at radius 3 is 2.43 bits per heavy atom. The Morgan fingerprint density at radius 2 is 1.80 bits per heavy atom. The molecule has 0 aliphatic carbocycles. The summed E-state index contributed by atoms with van der Waals surface area (Å²) in [7, 11) is 1.75. The third-order valence-corrected chi connectivity index (χ3v) is 6.01. The molecule has 3 rings (SSSR count). The molecular formula is C23H30Cl2N4O. The van der Waals surface area contributed by atoms with Gasteiger partial charge in [-0.3, -0.25) is 9.89 Å². The number of halogens is 2. The minimum atomic E-state index is -0.129. The van der Waals surface area contributed by atoms with Crippen LogP contribution in [0.15, 0.2) is 47.5 Å². The second-order valence-electron chi connectivity index (χ2n) is 7.78. The summed E-state index contributed by atoms with van der Waals surface area (Å²) in [6.45, 7) is 5.57. The van der Waals surface area contributed by atoms with E-state index in [9.17, 15) is 5.11 Å². The number of hydrogen-bond donors (Lipinski definition) is 3. The zero-order valence-corrected chi connectivity index (χ0v) is 19.0. The van der Waals surface area contributed by atoms with Gasteiger partial charge >= 0.3 is 0 Å². The van der Waals surface area contributed by atoms with E-state index < -0.39 is 0 Å². The van der Waals surface area contributed by atoms with Crippen molar-refractivity contribution >= 4 is 29.2 Å². The first kappa shape index (κ1) is 22.9. The van der Waals surface area contributed by atoms with E-state index in [2.05, 4.69) is 44.8 Å². The zero-order valence-electron chi connectivity index (χ0n) is 17.5. The summed E-state index contributed by atoms with van der Waals surface area (Å²) in [4.78, 5) is 6.71. The van der Waals surface area contributed by atoms with E-state index in [0.717, 1.165) is 38.0 Å². The molecule has 7 heteroatoms. The van der Waals surface area contributed by atoms with Gasteiger partial charge in [0.05, 0.1) is 12.1 Å². The van der Waals surface area contributed by atoms with Gasteiger partial charge in [-0.05, 0) is 48.6 Å². The van der Waals surface area contributed by atoms with Crippen LogP contribution in [0.5, 0.6) is 0 Å². The normalized spacial score (nSPS) is 17.0. The van der Waals surface area contributed by atoms with E-state index in [1.54, 1.807) is 13.1 Å². The van der Waals surface area contributed by atoms with Crippen LogP contribution < -0.4 is 10.6 Å². The third kappa shape index (κ3) is 6.61. The Kier molecular flexibility index (Phi) is 8.40. The number of aliphatic hydroxyl groups excluding tert-OH is 1. The molecule has 1 aliphatic heterocycles. The summed E-state index contributed by atoms with van der Waals surface area (Å²) < 4.78 is 0. The molecule has 1 saturated heterocycles. The smallest absolute Gasteiger partial charge is 0.191 e. The Hall–Kier alpha value is -1.79. The maximum absolute atomic E-state index is 9.64. The van der Waals surface area contributed by atoms with Gasteiger partial charge in [0, 0.05) is 43.3 Å². The van der Waals surface area contributed by atoms with Crippen molar-refractivity contribution in [3.05, 3.63) is 69.2 Å². The lowest BCUT2D eigenvalue weighted by Gasteiger charge is -2.29. The average molecular weight is 449 g/mol. The minimum absolute atomic E-state index is 0.00796. The number of nitrogens with zero attached hydrogens (tertiary/aromatic N) is 2. The second kappa shape index (κ2) is 11.0. The molecule has 30 heavy (non-hydrogen) atoms. The minimum Gasteiger partial charge on any atom is -0.393 e. The van der Waals surface area contributed by atoms with Crippen LogP contribution in [0.4, 0.5) is 0 Å². The molecule has 1 atom stereocenters. The third-order valence-electron chi connectivity index (χ3n) is 5.45. The van der Waals surface area contributed by atoms with E-state index in [4.69, 9.17) is 23.2 Å². The van der Waals surface area contributed by atoms with Crippen LogP contribution in [-0.2, 0) is 13.1 Å². The molecule has 2 aromatic carbocycles. The van der Waals surface area contributed by atoms with Crippen molar-refractivity contribution in [3.63, 3.8) is 0 Å². The molecule has 0 spiro atoms. The first-order valence-electron chi connectivity index (χ1n) is 10.3. The molecule has 5 nitrogen and oxygen atoms in total. The van der Waals surface area contributed by atoms with E-state index in [1.807, 2.05) is 19.1 Å². The fourth-order valence-corrected chi connectivity index (χ4v) is 4.19. The van der Waals surface area contributed by atoms with Gasteiger partial charge in [0.1, 0.15) is 0 Å². The lowest BCUT2D eigenvalue weighted by Crippen LogP contribution is -2.38. The van der Waals surface area contributed by atoms with Gasteiger partial charge in [-0.15, -0.1) is 0 Å². The fourth-order valence-electron chi connectivity index (χ4n) is 3.61. The number of aliphatic hydroxyl groups is 1. The average Bonchev–Trinajstić information content (AvgIpc) is 2.73. The van der Waals surface area contributed by atoms with Crippen molar-refractivity contribution in [2.24, 2.45) is 4.99 Å². The van der Waals surface area contributed by atoms with Crippen molar-refractivity contribution in [1.82, 2.24) is 15.5 Å². The lowest BCUT2D eigenvalue weighted by atomic mass is 10.1. The SMILES string of the molecule is CN=C(NCc1ccc(CN2CCC(O)CC2)cc1)NC(C)c1ccc(Cl)cc1Cl. The molecule has 1 unspecified atom stereocenters. The largest absolute Gasteiger partial charge is 0.393 e. The maximum Gasteiger partial charge on any atom is 0.191 e. The van der Waals surface area contributed by atoms with Crippen LogP contribution in [0.2, 0.25) is 10.0 Å². The van der Waals surface area contributed by atoms with Crippen LogP contribution in [0.1, 0.15) is 42.5 Å². The molecule has 1 heterocycles. The highest BCUT2D eigenvalue weighted by Crippen LogP contribution is 2.26. The monoisotopic (exact) mass is 448 g/mol. The topological polar surface area (TPSA) is 59.9 Å². The van der Waals surface area contributed by atoms with Crippen molar-refractivity contribution in [1.29, 1.82) is 0 Å². The van der Waals surface area contributed by atoms with Crippen LogP contribution in [0.25, 0.3) is 0 Å². The summed E-state index contributed by atoms with van der Waals surface area (Å²) in [5.74, 6) is 0.712. The van der Waals surface area contributed by atoms with Gasteiger partial charge in [-0.25, -0.2) is 0 Å². The molecule has 2 aromatic rings. The van der Waals surface area contributed by atoms with Crippen molar-refractivity contribution in [3.8, 4) is 0 Å². The summed E-state index contributed by atoms with van der Waals surface area (Å²) in [5.41, 5.74) is 3.45. The molecule has 162 valence electrons. The quantitative estimate of drug-likeness (QED) is 0.453. The Labute approximate surface area is 189 Å². The fraction of sp³-hybridized carbons (Fsp3) is 0.435. The van der Waals surface area contributed by atoms with E-state index in [1.165, 1.54) is 11.1 Å². The van der Waals surface area contributed by atoms with Crippen LogP contribution in [0.3, 0.4) is 0 Å². The second-order valence-corrected chi connectivity index (χ2v) is 8.63. The number of rotatable bonds is 6. The number of aliphatic imine (C=N–C) groups is 1. The first-order chi connectivity index (χ1) is 14.4. The molecule has 0 saturated carbocycles.